The Bertz CT molecular complexity index is 1230. The highest BCUT2D eigenvalue weighted by Crippen LogP contribution is 2.30. The van der Waals surface area contributed by atoms with E-state index in [9.17, 15) is 18.0 Å². The highest BCUT2D eigenvalue weighted by atomic mass is 32.2. The van der Waals surface area contributed by atoms with Gasteiger partial charge in [-0.05, 0) is 67.1 Å². The topological polar surface area (TPSA) is 93.2 Å². The Labute approximate surface area is 201 Å². The lowest BCUT2D eigenvalue weighted by molar-refractivity contribution is -0.119. The molecule has 178 valence electrons. The number of carbonyl (C=O) groups excluding carboxylic acids is 2. The molecule has 1 atom stereocenters. The summed E-state index contributed by atoms with van der Waals surface area (Å²) >= 11 is 0. The second kappa shape index (κ2) is 10.7. The molecule has 1 heterocycles. The van der Waals surface area contributed by atoms with E-state index in [2.05, 4.69) is 10.3 Å². The normalized spacial score (nSPS) is 14.7. The molecule has 4 rings (SSSR count). The van der Waals surface area contributed by atoms with Gasteiger partial charge in [0.25, 0.3) is 0 Å². The number of pyridine rings is 1. The number of sulfone groups is 1. The fraction of sp³-hybridized carbons (Fsp3) is 0.296. The highest BCUT2D eigenvalue weighted by Gasteiger charge is 2.26. The van der Waals surface area contributed by atoms with Crippen LogP contribution < -0.4 is 5.32 Å². The molecule has 0 unspecified atom stereocenters. The first-order valence-electron chi connectivity index (χ1n) is 11.5. The van der Waals surface area contributed by atoms with Crippen LogP contribution in [0.25, 0.3) is 0 Å². The summed E-state index contributed by atoms with van der Waals surface area (Å²) in [5.41, 5.74) is 1.78. The van der Waals surface area contributed by atoms with E-state index < -0.39 is 15.8 Å². The van der Waals surface area contributed by atoms with Gasteiger partial charge >= 0.3 is 0 Å². The third kappa shape index (κ3) is 6.17. The lowest BCUT2D eigenvalue weighted by atomic mass is 9.87. The van der Waals surface area contributed by atoms with E-state index in [0.717, 1.165) is 24.8 Å². The van der Waals surface area contributed by atoms with Crippen molar-refractivity contribution in [2.45, 2.75) is 37.0 Å². The number of anilines is 1. The molecular formula is C27H30N2O4S. The highest BCUT2D eigenvalue weighted by molar-refractivity contribution is 7.91. The molecule has 1 aromatic heterocycles. The monoisotopic (exact) mass is 478 g/mol. The average Bonchev–Trinajstić information content (AvgIpc) is 2.82. The van der Waals surface area contributed by atoms with Gasteiger partial charge in [0.05, 0.1) is 10.6 Å². The minimum Gasteiger partial charge on any atom is -0.326 e. The number of rotatable bonds is 10. The number of ketones is 1. The van der Waals surface area contributed by atoms with Gasteiger partial charge in [-0.1, -0.05) is 42.8 Å². The zero-order valence-electron chi connectivity index (χ0n) is 18.9. The Morgan fingerprint density at radius 3 is 2.29 bits per heavy atom. The van der Waals surface area contributed by atoms with Gasteiger partial charge in [-0.15, -0.1) is 0 Å². The van der Waals surface area contributed by atoms with Crippen molar-refractivity contribution in [3.8, 4) is 0 Å². The number of benzene rings is 2. The van der Waals surface area contributed by atoms with Gasteiger partial charge in [0.15, 0.2) is 15.6 Å². The molecule has 1 aliphatic carbocycles. The van der Waals surface area contributed by atoms with Crippen LogP contribution in [-0.4, -0.2) is 30.8 Å². The average molecular weight is 479 g/mol. The molecule has 3 aromatic rings. The van der Waals surface area contributed by atoms with Gasteiger partial charge < -0.3 is 5.32 Å². The van der Waals surface area contributed by atoms with E-state index in [1.807, 2.05) is 30.3 Å². The number of hydrogen-bond donors (Lipinski definition) is 1. The van der Waals surface area contributed by atoms with Crippen LogP contribution in [0.1, 0.15) is 43.2 Å². The molecular weight excluding hydrogens is 448 g/mol. The second-order valence-electron chi connectivity index (χ2n) is 8.82. The van der Waals surface area contributed by atoms with Gasteiger partial charge in [0.1, 0.15) is 5.69 Å². The Kier molecular flexibility index (Phi) is 7.53. The molecule has 0 radical (unpaired) electrons. The van der Waals surface area contributed by atoms with Crippen LogP contribution in [0, 0.1) is 11.8 Å². The SMILES string of the molecule is O=C(C[C@@H](Cc1ccccc1)C(=O)Nc1ccc(S(=O)(=O)CC2CCC2)cc1)c1ccccn1.[HH]. The van der Waals surface area contributed by atoms with Crippen molar-refractivity contribution < 1.29 is 19.4 Å². The van der Waals surface area contributed by atoms with Gasteiger partial charge in [-0.2, -0.15) is 0 Å². The van der Waals surface area contributed by atoms with Crippen molar-refractivity contribution >= 4 is 27.2 Å². The molecule has 2 aromatic carbocycles. The molecule has 1 fully saturated rings. The molecule has 1 saturated carbocycles. The van der Waals surface area contributed by atoms with Crippen molar-refractivity contribution in [3.05, 3.63) is 90.3 Å². The number of nitrogens with one attached hydrogen (secondary N) is 1. The number of nitrogens with zero attached hydrogens (tertiary/aromatic N) is 1. The summed E-state index contributed by atoms with van der Waals surface area (Å²) in [6.07, 6.45) is 5.00. The first kappa shape index (κ1) is 23.8. The number of Topliss-reactive ketones (excluding diaryl/α,β-unsaturated/α-hetero) is 1. The van der Waals surface area contributed by atoms with Crippen LogP contribution in [0.4, 0.5) is 5.69 Å². The van der Waals surface area contributed by atoms with Crippen molar-refractivity contribution in [2.75, 3.05) is 11.1 Å². The Hall–Kier alpha value is -3.32. The van der Waals surface area contributed by atoms with Gasteiger partial charge in [0, 0.05) is 25.6 Å². The van der Waals surface area contributed by atoms with E-state index >= 15 is 0 Å². The third-order valence-corrected chi connectivity index (χ3v) is 8.14. The first-order valence-corrected chi connectivity index (χ1v) is 13.2. The summed E-state index contributed by atoms with van der Waals surface area (Å²) < 4.78 is 25.2. The lowest BCUT2D eigenvalue weighted by Crippen LogP contribution is -2.27. The van der Waals surface area contributed by atoms with E-state index in [1.165, 1.54) is 12.1 Å². The molecule has 0 bridgehead atoms. The predicted molar refractivity (Wildman–Crippen MR) is 133 cm³/mol. The Balaban J connectivity index is 0.00000342. The number of amides is 1. The smallest absolute Gasteiger partial charge is 0.228 e. The van der Waals surface area contributed by atoms with E-state index in [4.69, 9.17) is 0 Å². The molecule has 0 spiro atoms. The zero-order valence-corrected chi connectivity index (χ0v) is 19.7. The maximum atomic E-state index is 13.2. The summed E-state index contributed by atoms with van der Waals surface area (Å²) in [5.74, 6) is -0.668. The summed E-state index contributed by atoms with van der Waals surface area (Å²) in [6.45, 7) is 0. The van der Waals surface area contributed by atoms with E-state index in [1.54, 1.807) is 36.5 Å². The van der Waals surface area contributed by atoms with Gasteiger partial charge in [-0.3, -0.25) is 14.6 Å². The first-order chi connectivity index (χ1) is 16.4. The van der Waals surface area contributed by atoms with Crippen LogP contribution >= 0.6 is 0 Å². The summed E-state index contributed by atoms with van der Waals surface area (Å²) in [7, 11) is -3.33. The molecule has 1 aliphatic rings. The quantitative estimate of drug-likeness (QED) is 0.415. The number of aromatic nitrogens is 1. The van der Waals surface area contributed by atoms with E-state index in [-0.39, 0.29) is 36.1 Å². The van der Waals surface area contributed by atoms with Crippen LogP contribution in [0.3, 0.4) is 0 Å². The Morgan fingerprint density at radius 2 is 1.68 bits per heavy atom. The molecule has 1 amide bonds. The third-order valence-electron chi connectivity index (χ3n) is 6.24. The minimum absolute atomic E-state index is 0. The van der Waals surface area contributed by atoms with Crippen LogP contribution in [0.2, 0.25) is 0 Å². The van der Waals surface area contributed by atoms with E-state index in [0.29, 0.717) is 17.8 Å². The van der Waals surface area contributed by atoms with Gasteiger partial charge in [-0.25, -0.2) is 8.42 Å². The van der Waals surface area contributed by atoms with Crippen molar-refractivity contribution in [1.82, 2.24) is 4.98 Å². The zero-order chi connectivity index (χ0) is 24.0. The van der Waals surface area contributed by atoms with Crippen LogP contribution in [0.5, 0.6) is 0 Å². The maximum Gasteiger partial charge on any atom is 0.228 e. The maximum absolute atomic E-state index is 13.2. The van der Waals surface area contributed by atoms with Crippen molar-refractivity contribution in [1.29, 1.82) is 0 Å². The van der Waals surface area contributed by atoms with Crippen LogP contribution in [-0.2, 0) is 21.1 Å². The lowest BCUT2D eigenvalue weighted by Gasteiger charge is -2.24. The van der Waals surface area contributed by atoms with Crippen LogP contribution in [0.15, 0.2) is 83.9 Å². The summed E-state index contributed by atoms with van der Waals surface area (Å²) in [6, 6.07) is 20.9. The summed E-state index contributed by atoms with van der Waals surface area (Å²) in [5, 5.41) is 2.85. The number of carbonyl (C=O) groups is 2. The predicted octanol–water partition coefficient (Wildman–Crippen LogP) is 4.97. The minimum atomic E-state index is -3.33. The number of hydrogen-bond acceptors (Lipinski definition) is 5. The molecule has 6 nitrogen and oxygen atoms in total. The fourth-order valence-corrected chi connectivity index (χ4v) is 5.77. The summed E-state index contributed by atoms with van der Waals surface area (Å²) in [4.78, 5) is 30.3. The van der Waals surface area contributed by atoms with Crippen molar-refractivity contribution in [3.63, 3.8) is 0 Å². The molecule has 0 aliphatic heterocycles. The second-order valence-corrected chi connectivity index (χ2v) is 10.9. The molecule has 34 heavy (non-hydrogen) atoms. The molecule has 7 heteroatoms. The van der Waals surface area contributed by atoms with Gasteiger partial charge in [0.2, 0.25) is 5.91 Å². The fourth-order valence-electron chi connectivity index (χ4n) is 4.07. The molecule has 1 N–H and O–H groups in total. The largest absolute Gasteiger partial charge is 0.326 e. The van der Waals surface area contributed by atoms with Crippen molar-refractivity contribution in [2.24, 2.45) is 11.8 Å². The standard InChI is InChI=1S/C27H28N2O4S.H2/c30-26(25-11-4-5-16-28-25)18-22(17-20-7-2-1-3-8-20)27(31)29-23-12-14-24(15-13-23)34(32,33)19-21-9-6-10-21;/h1-5,7-8,11-16,21-22H,6,9-10,17-19H2,(H,29,31);1H/t22-;/m1./s1. The molecule has 0 saturated heterocycles. The Morgan fingerprint density at radius 1 is 0.971 bits per heavy atom.